The van der Waals surface area contributed by atoms with Gasteiger partial charge in [0.05, 0.1) is 35.4 Å². The first-order valence-electron chi connectivity index (χ1n) is 11.3. The molecule has 12 nitrogen and oxygen atoms in total. The number of aliphatic hydroxyl groups is 2. The molecule has 1 unspecified atom stereocenters. The lowest BCUT2D eigenvalue weighted by Gasteiger charge is -2.25. The normalized spacial score (nSPS) is 24.3. The number of benzene rings is 1. The van der Waals surface area contributed by atoms with Crippen molar-refractivity contribution in [2.45, 2.75) is 62.2 Å². The summed E-state index contributed by atoms with van der Waals surface area (Å²) in [7, 11) is -4.13. The van der Waals surface area contributed by atoms with Crippen LogP contribution in [0.2, 0.25) is 0 Å². The molecule has 1 saturated heterocycles. The summed E-state index contributed by atoms with van der Waals surface area (Å²) in [6, 6.07) is 8.70. The zero-order valence-electron chi connectivity index (χ0n) is 20.1. The van der Waals surface area contributed by atoms with Crippen molar-refractivity contribution in [1.82, 2.24) is 14.6 Å². The number of para-hydroxylation sites is 1. The molecule has 0 spiro atoms. The number of aromatic nitrogens is 2. The maximum Gasteiger partial charge on any atom is 0.459 e. The molecule has 0 radical (unpaired) electrons. The molecule has 1 aliphatic heterocycles. The number of hydrogen-bond acceptors (Lipinski definition) is 11. The third-order valence-electron chi connectivity index (χ3n) is 5.17. The van der Waals surface area contributed by atoms with E-state index in [0.717, 1.165) is 0 Å². The lowest BCUT2D eigenvalue weighted by Crippen LogP contribution is -2.38. The summed E-state index contributed by atoms with van der Waals surface area (Å²) in [5.41, 5.74) is 4.93. The first kappa shape index (κ1) is 28.2. The summed E-state index contributed by atoms with van der Waals surface area (Å²) in [5.74, 6) is -0.320. The smallest absolute Gasteiger partial charge is 0.459 e. The van der Waals surface area contributed by atoms with Gasteiger partial charge in [0, 0.05) is 12.7 Å². The zero-order valence-corrected chi connectivity index (χ0v) is 21.8. The van der Waals surface area contributed by atoms with Crippen LogP contribution in [0.4, 0.5) is 5.82 Å². The SMILES string of the molecule is CC(C)OC(=O)[C@@H](C)NP(=O)(OC[C@H]1S[C@@H](Cn2ccc(N)nc2=O)[C@@H](O)[C@@H]1O)Oc1ccccc1. The number of carbonyl (C=O) groups excluding carboxylic acids is 1. The van der Waals surface area contributed by atoms with Crippen molar-refractivity contribution in [1.29, 1.82) is 0 Å². The Balaban J connectivity index is 1.70. The Labute approximate surface area is 212 Å². The number of anilines is 1. The second kappa shape index (κ2) is 12.2. The Hall–Kier alpha value is -2.41. The van der Waals surface area contributed by atoms with Crippen LogP contribution in [-0.2, 0) is 25.2 Å². The van der Waals surface area contributed by atoms with Crippen LogP contribution in [0.5, 0.6) is 5.75 Å². The fourth-order valence-electron chi connectivity index (χ4n) is 3.40. The number of rotatable bonds is 11. The minimum Gasteiger partial charge on any atom is -0.462 e. The highest BCUT2D eigenvalue weighted by Crippen LogP contribution is 2.47. The summed E-state index contributed by atoms with van der Waals surface area (Å²) >= 11 is 1.18. The van der Waals surface area contributed by atoms with Crippen LogP contribution in [0, 0.1) is 0 Å². The second-order valence-electron chi connectivity index (χ2n) is 8.52. The molecule has 1 aromatic heterocycles. The monoisotopic (exact) mass is 542 g/mol. The third-order valence-corrected chi connectivity index (χ3v) is 8.35. The molecule has 0 aliphatic carbocycles. The number of esters is 1. The summed E-state index contributed by atoms with van der Waals surface area (Å²) in [5, 5.41) is 22.4. The molecular weight excluding hydrogens is 511 g/mol. The molecule has 1 fully saturated rings. The van der Waals surface area contributed by atoms with Gasteiger partial charge >= 0.3 is 19.4 Å². The van der Waals surface area contributed by atoms with Crippen molar-refractivity contribution in [2.75, 3.05) is 12.3 Å². The van der Waals surface area contributed by atoms with E-state index < -0.39 is 48.2 Å². The average Bonchev–Trinajstić information content (AvgIpc) is 3.07. The minimum absolute atomic E-state index is 0.0695. The predicted octanol–water partition coefficient (Wildman–Crippen LogP) is 1.16. The molecule has 36 heavy (non-hydrogen) atoms. The van der Waals surface area contributed by atoms with Crippen LogP contribution in [-0.4, -0.2) is 67.2 Å². The minimum atomic E-state index is -4.13. The predicted molar refractivity (Wildman–Crippen MR) is 135 cm³/mol. The molecule has 6 atom stereocenters. The number of ether oxygens (including phenoxy) is 1. The van der Waals surface area contributed by atoms with E-state index in [2.05, 4.69) is 10.1 Å². The first-order chi connectivity index (χ1) is 17.0. The molecule has 1 aromatic carbocycles. The van der Waals surface area contributed by atoms with E-state index in [4.69, 9.17) is 19.5 Å². The van der Waals surface area contributed by atoms with E-state index >= 15 is 0 Å². The number of nitrogens with two attached hydrogens (primary N) is 1. The van der Waals surface area contributed by atoms with Gasteiger partial charge in [-0.05, 0) is 39.0 Å². The van der Waals surface area contributed by atoms with Gasteiger partial charge in [0.2, 0.25) is 0 Å². The van der Waals surface area contributed by atoms with E-state index in [1.165, 1.54) is 35.5 Å². The highest BCUT2D eigenvalue weighted by molar-refractivity contribution is 8.00. The van der Waals surface area contributed by atoms with Crippen molar-refractivity contribution >= 4 is 31.3 Å². The topological polar surface area (TPSA) is 175 Å². The standard InChI is InChI=1S/C22H31N4O8PS/c1-13(2)33-21(29)14(3)25-35(31,34-15-7-5-4-6-8-15)32-12-17-20(28)19(27)16(36-17)11-26-10-9-18(23)24-22(26)30/h4-10,13-14,16-17,19-20,27-28H,11-12H2,1-3H3,(H,25,31)(H2,23,24,30)/t14-,16+,17-,19-,20-,35?/m1/s1. The highest BCUT2D eigenvalue weighted by atomic mass is 32.2. The van der Waals surface area contributed by atoms with Gasteiger partial charge in [-0.1, -0.05) is 18.2 Å². The molecule has 3 rings (SSSR count). The van der Waals surface area contributed by atoms with Gasteiger partial charge in [0.1, 0.15) is 17.6 Å². The number of nitrogen functional groups attached to an aromatic ring is 1. The number of nitrogens with zero attached hydrogens (tertiary/aromatic N) is 2. The highest BCUT2D eigenvalue weighted by Gasteiger charge is 2.44. The molecular formula is C22H31N4O8PS. The molecule has 198 valence electrons. The van der Waals surface area contributed by atoms with Gasteiger partial charge in [0.25, 0.3) is 0 Å². The molecule has 0 saturated carbocycles. The first-order valence-corrected chi connectivity index (χ1v) is 13.8. The molecule has 5 N–H and O–H groups in total. The van der Waals surface area contributed by atoms with Gasteiger partial charge in [-0.2, -0.15) is 10.1 Å². The van der Waals surface area contributed by atoms with Crippen LogP contribution in [0.15, 0.2) is 47.4 Å². The Kier molecular flexibility index (Phi) is 9.56. The lowest BCUT2D eigenvalue weighted by molar-refractivity contribution is -0.149. The summed E-state index contributed by atoms with van der Waals surface area (Å²) in [4.78, 5) is 28.0. The third kappa shape index (κ3) is 7.55. The second-order valence-corrected chi connectivity index (χ2v) is 11.7. The van der Waals surface area contributed by atoms with Crippen molar-refractivity contribution in [2.24, 2.45) is 0 Å². The molecule has 0 amide bonds. The molecule has 2 aromatic rings. The number of carbonyl (C=O) groups is 1. The van der Waals surface area contributed by atoms with Crippen LogP contribution in [0.3, 0.4) is 0 Å². The number of hydrogen-bond donors (Lipinski definition) is 4. The maximum absolute atomic E-state index is 13.6. The summed E-state index contributed by atoms with van der Waals surface area (Å²) < 4.78 is 31.2. The number of aliphatic hydroxyl groups excluding tert-OH is 2. The fourth-order valence-corrected chi connectivity index (χ4v) is 6.50. The van der Waals surface area contributed by atoms with Gasteiger partial charge in [0.15, 0.2) is 0 Å². The van der Waals surface area contributed by atoms with Crippen LogP contribution in [0.1, 0.15) is 20.8 Å². The molecule has 2 heterocycles. The Morgan fingerprint density at radius 1 is 1.19 bits per heavy atom. The average molecular weight is 543 g/mol. The molecule has 0 bridgehead atoms. The molecule has 14 heteroatoms. The Morgan fingerprint density at radius 2 is 1.86 bits per heavy atom. The number of thioether (sulfide) groups is 1. The van der Waals surface area contributed by atoms with Gasteiger partial charge in [-0.25, -0.2) is 9.36 Å². The van der Waals surface area contributed by atoms with E-state index in [0.29, 0.717) is 0 Å². The van der Waals surface area contributed by atoms with E-state index in [1.807, 2.05) is 0 Å². The van der Waals surface area contributed by atoms with Crippen LogP contribution < -0.4 is 21.0 Å². The Bertz CT molecular complexity index is 1130. The summed E-state index contributed by atoms with van der Waals surface area (Å²) in [6.45, 7) is 4.63. The van der Waals surface area contributed by atoms with Crippen molar-refractivity contribution in [3.8, 4) is 5.75 Å². The van der Waals surface area contributed by atoms with Gasteiger partial charge in [-0.3, -0.25) is 13.9 Å². The van der Waals surface area contributed by atoms with Crippen molar-refractivity contribution in [3.05, 3.63) is 53.1 Å². The number of nitrogens with one attached hydrogen (secondary N) is 1. The quantitative estimate of drug-likeness (QED) is 0.236. The summed E-state index contributed by atoms with van der Waals surface area (Å²) in [6.07, 6.45) is -1.33. The zero-order chi connectivity index (χ0) is 26.5. The Morgan fingerprint density at radius 3 is 2.50 bits per heavy atom. The van der Waals surface area contributed by atoms with E-state index in [9.17, 15) is 24.4 Å². The van der Waals surface area contributed by atoms with Crippen LogP contribution in [0.25, 0.3) is 0 Å². The van der Waals surface area contributed by atoms with Crippen molar-refractivity contribution in [3.63, 3.8) is 0 Å². The maximum atomic E-state index is 13.6. The van der Waals surface area contributed by atoms with Crippen LogP contribution >= 0.6 is 19.5 Å². The van der Waals surface area contributed by atoms with Gasteiger partial charge < -0.3 is 25.2 Å². The van der Waals surface area contributed by atoms with Gasteiger partial charge in [-0.15, -0.1) is 11.8 Å². The fraction of sp³-hybridized carbons (Fsp3) is 0.500. The van der Waals surface area contributed by atoms with E-state index in [1.54, 1.807) is 44.2 Å². The largest absolute Gasteiger partial charge is 0.462 e. The lowest BCUT2D eigenvalue weighted by atomic mass is 10.1. The molecule has 1 aliphatic rings. The van der Waals surface area contributed by atoms with E-state index in [-0.39, 0.29) is 30.8 Å². The van der Waals surface area contributed by atoms with Crippen molar-refractivity contribution < 1.29 is 33.4 Å².